The SMILES string of the molecule is CCOC(=O)CCN(C(=O)CCc1ccccc1)C(C)CC. The van der Waals surface area contributed by atoms with Gasteiger partial charge in [0, 0.05) is 19.0 Å². The fraction of sp³-hybridized carbons (Fsp3) is 0.556. The normalized spacial score (nSPS) is 11.8. The van der Waals surface area contributed by atoms with Crippen LogP contribution in [0.4, 0.5) is 0 Å². The number of hydrogen-bond donors (Lipinski definition) is 0. The molecule has 1 aromatic carbocycles. The average molecular weight is 305 g/mol. The van der Waals surface area contributed by atoms with Crippen LogP contribution in [0.2, 0.25) is 0 Å². The lowest BCUT2D eigenvalue weighted by molar-refractivity contribution is -0.144. The summed E-state index contributed by atoms with van der Waals surface area (Å²) in [5.74, 6) is -0.144. The largest absolute Gasteiger partial charge is 0.466 e. The van der Waals surface area contributed by atoms with Gasteiger partial charge in [-0.1, -0.05) is 37.3 Å². The molecule has 0 saturated heterocycles. The molecule has 0 aliphatic rings. The molecular formula is C18H27NO3. The Hall–Kier alpha value is -1.84. The van der Waals surface area contributed by atoms with Gasteiger partial charge >= 0.3 is 5.97 Å². The van der Waals surface area contributed by atoms with Gasteiger partial charge in [0.2, 0.25) is 5.91 Å². The van der Waals surface area contributed by atoms with Crippen LogP contribution in [-0.2, 0) is 20.7 Å². The number of amides is 1. The Morgan fingerprint density at radius 3 is 2.41 bits per heavy atom. The van der Waals surface area contributed by atoms with Crippen molar-refractivity contribution in [2.45, 2.75) is 52.5 Å². The molecule has 122 valence electrons. The van der Waals surface area contributed by atoms with E-state index in [1.54, 1.807) is 11.8 Å². The molecule has 22 heavy (non-hydrogen) atoms. The number of carbonyl (C=O) groups is 2. The zero-order valence-electron chi connectivity index (χ0n) is 13.9. The van der Waals surface area contributed by atoms with Crippen LogP contribution in [0.5, 0.6) is 0 Å². The Labute approximate surface area is 133 Å². The highest BCUT2D eigenvalue weighted by Gasteiger charge is 2.19. The molecule has 0 N–H and O–H groups in total. The number of esters is 1. The van der Waals surface area contributed by atoms with Crippen molar-refractivity contribution in [1.29, 1.82) is 0 Å². The van der Waals surface area contributed by atoms with Crippen LogP contribution in [0.15, 0.2) is 30.3 Å². The van der Waals surface area contributed by atoms with E-state index in [4.69, 9.17) is 4.74 Å². The smallest absolute Gasteiger partial charge is 0.307 e. The van der Waals surface area contributed by atoms with E-state index >= 15 is 0 Å². The van der Waals surface area contributed by atoms with Crippen molar-refractivity contribution in [2.24, 2.45) is 0 Å². The second-order valence-electron chi connectivity index (χ2n) is 5.39. The summed E-state index contributed by atoms with van der Waals surface area (Å²) in [6.07, 6.45) is 2.33. The van der Waals surface area contributed by atoms with Gasteiger partial charge in [0.05, 0.1) is 13.0 Å². The average Bonchev–Trinajstić information content (AvgIpc) is 2.54. The number of nitrogens with zero attached hydrogens (tertiary/aromatic N) is 1. The zero-order chi connectivity index (χ0) is 16.4. The van der Waals surface area contributed by atoms with Crippen molar-refractivity contribution in [1.82, 2.24) is 4.90 Å². The van der Waals surface area contributed by atoms with Gasteiger partial charge in [-0.3, -0.25) is 9.59 Å². The first-order chi connectivity index (χ1) is 10.6. The van der Waals surface area contributed by atoms with Crippen LogP contribution in [0.1, 0.15) is 45.6 Å². The number of aryl methyl sites for hydroxylation is 1. The van der Waals surface area contributed by atoms with Crippen molar-refractivity contribution in [3.8, 4) is 0 Å². The molecule has 0 spiro atoms. The number of rotatable bonds is 9. The molecule has 1 unspecified atom stereocenters. The van der Waals surface area contributed by atoms with Crippen molar-refractivity contribution in [3.05, 3.63) is 35.9 Å². The molecule has 0 radical (unpaired) electrons. The highest BCUT2D eigenvalue weighted by Crippen LogP contribution is 2.10. The third-order valence-corrected chi connectivity index (χ3v) is 3.78. The molecule has 4 heteroatoms. The van der Waals surface area contributed by atoms with Crippen molar-refractivity contribution in [3.63, 3.8) is 0 Å². The van der Waals surface area contributed by atoms with E-state index in [9.17, 15) is 9.59 Å². The minimum atomic E-state index is -0.244. The molecule has 0 saturated carbocycles. The summed E-state index contributed by atoms with van der Waals surface area (Å²) in [7, 11) is 0. The summed E-state index contributed by atoms with van der Waals surface area (Å²) in [6.45, 7) is 6.67. The minimum absolute atomic E-state index is 0.0995. The van der Waals surface area contributed by atoms with Gasteiger partial charge in [-0.15, -0.1) is 0 Å². The van der Waals surface area contributed by atoms with Crippen LogP contribution >= 0.6 is 0 Å². The second-order valence-corrected chi connectivity index (χ2v) is 5.39. The van der Waals surface area contributed by atoms with E-state index in [2.05, 4.69) is 0 Å². The van der Waals surface area contributed by atoms with Gasteiger partial charge in [0.15, 0.2) is 0 Å². The lowest BCUT2D eigenvalue weighted by Crippen LogP contribution is -2.40. The quantitative estimate of drug-likeness (QED) is 0.658. The molecule has 0 aromatic heterocycles. The molecule has 1 atom stereocenters. The third kappa shape index (κ3) is 6.29. The maximum Gasteiger partial charge on any atom is 0.307 e. The Morgan fingerprint density at radius 2 is 1.82 bits per heavy atom. The minimum Gasteiger partial charge on any atom is -0.466 e. The molecule has 0 heterocycles. The first-order valence-corrected chi connectivity index (χ1v) is 8.07. The standard InChI is InChI=1S/C18H27NO3/c1-4-15(3)19(14-13-18(21)22-5-2)17(20)12-11-16-9-7-6-8-10-16/h6-10,15H,4-5,11-14H2,1-3H3. The first kappa shape index (κ1) is 18.2. The lowest BCUT2D eigenvalue weighted by atomic mass is 10.1. The van der Waals surface area contributed by atoms with Gasteiger partial charge in [-0.25, -0.2) is 0 Å². The molecule has 0 bridgehead atoms. The second kappa shape index (κ2) is 9.98. The van der Waals surface area contributed by atoms with E-state index < -0.39 is 0 Å². The molecule has 1 rings (SSSR count). The molecule has 0 aliphatic heterocycles. The number of benzene rings is 1. The van der Waals surface area contributed by atoms with E-state index in [1.165, 1.54) is 0 Å². The zero-order valence-corrected chi connectivity index (χ0v) is 13.9. The summed E-state index contributed by atoms with van der Waals surface area (Å²) >= 11 is 0. The number of carbonyl (C=O) groups excluding carboxylic acids is 2. The predicted octanol–water partition coefficient (Wildman–Crippen LogP) is 3.20. The molecule has 0 aliphatic carbocycles. The first-order valence-electron chi connectivity index (χ1n) is 8.07. The maximum absolute atomic E-state index is 12.5. The van der Waals surface area contributed by atoms with Gasteiger partial charge in [0.25, 0.3) is 0 Å². The Bertz CT molecular complexity index is 459. The van der Waals surface area contributed by atoms with E-state index in [0.717, 1.165) is 18.4 Å². The maximum atomic E-state index is 12.5. The lowest BCUT2D eigenvalue weighted by Gasteiger charge is -2.28. The predicted molar refractivity (Wildman–Crippen MR) is 87.5 cm³/mol. The Morgan fingerprint density at radius 1 is 1.14 bits per heavy atom. The summed E-state index contributed by atoms with van der Waals surface area (Å²) in [5, 5.41) is 0. The van der Waals surface area contributed by atoms with Crippen molar-refractivity contribution in [2.75, 3.05) is 13.2 Å². The molecule has 1 aromatic rings. The fourth-order valence-corrected chi connectivity index (χ4v) is 2.30. The van der Waals surface area contributed by atoms with Crippen LogP contribution < -0.4 is 0 Å². The Balaban J connectivity index is 2.54. The van der Waals surface area contributed by atoms with Gasteiger partial charge in [0.1, 0.15) is 0 Å². The number of hydrogen-bond acceptors (Lipinski definition) is 3. The Kier molecular flexibility index (Phi) is 8.26. The van der Waals surface area contributed by atoms with Gasteiger partial charge in [-0.2, -0.15) is 0 Å². The van der Waals surface area contributed by atoms with Crippen LogP contribution in [0.3, 0.4) is 0 Å². The van der Waals surface area contributed by atoms with Gasteiger partial charge in [-0.05, 0) is 32.3 Å². The monoisotopic (exact) mass is 305 g/mol. The highest BCUT2D eigenvalue weighted by molar-refractivity contribution is 5.77. The van der Waals surface area contributed by atoms with E-state index in [1.807, 2.05) is 44.2 Å². The summed E-state index contributed by atoms with van der Waals surface area (Å²) in [6, 6.07) is 10.1. The number of ether oxygens (including phenoxy) is 1. The van der Waals surface area contributed by atoms with Crippen LogP contribution in [0, 0.1) is 0 Å². The van der Waals surface area contributed by atoms with E-state index in [-0.39, 0.29) is 24.3 Å². The topological polar surface area (TPSA) is 46.6 Å². The molecular weight excluding hydrogens is 278 g/mol. The van der Waals surface area contributed by atoms with Crippen molar-refractivity contribution >= 4 is 11.9 Å². The molecule has 0 fully saturated rings. The molecule has 1 amide bonds. The van der Waals surface area contributed by atoms with Gasteiger partial charge < -0.3 is 9.64 Å². The highest BCUT2D eigenvalue weighted by atomic mass is 16.5. The third-order valence-electron chi connectivity index (χ3n) is 3.78. The van der Waals surface area contributed by atoms with Crippen LogP contribution in [-0.4, -0.2) is 36.0 Å². The van der Waals surface area contributed by atoms with E-state index in [0.29, 0.717) is 19.6 Å². The summed E-state index contributed by atoms with van der Waals surface area (Å²) in [4.78, 5) is 25.8. The fourth-order valence-electron chi connectivity index (χ4n) is 2.30. The van der Waals surface area contributed by atoms with Crippen LogP contribution in [0.25, 0.3) is 0 Å². The molecule has 4 nitrogen and oxygen atoms in total. The summed E-state index contributed by atoms with van der Waals surface area (Å²) < 4.78 is 4.94. The summed E-state index contributed by atoms with van der Waals surface area (Å²) in [5.41, 5.74) is 1.16. The van der Waals surface area contributed by atoms with Crippen molar-refractivity contribution < 1.29 is 14.3 Å².